The molecule has 1 saturated heterocycles. The fraction of sp³-hybridized carbons (Fsp3) is 0.385. The molecule has 1 aliphatic rings. The lowest BCUT2D eigenvalue weighted by atomic mass is 10.3. The van der Waals surface area contributed by atoms with Gasteiger partial charge in [-0.1, -0.05) is 17.3 Å². The standard InChI is InChI=1S/C13H14BrN3OS2/c14-9-3-1-2-4-11(9)20-8-12-16-13(18-17-12)10-7-19-6-5-15-10/h1-4,10,15H,5-8H2. The average Bonchev–Trinajstić information content (AvgIpc) is 2.96. The molecule has 1 N–H and O–H groups in total. The van der Waals surface area contributed by atoms with Crippen molar-refractivity contribution in [2.45, 2.75) is 16.7 Å². The number of benzene rings is 1. The largest absolute Gasteiger partial charge is 0.338 e. The maximum Gasteiger partial charge on any atom is 0.244 e. The zero-order valence-electron chi connectivity index (χ0n) is 10.7. The van der Waals surface area contributed by atoms with Crippen molar-refractivity contribution in [3.05, 3.63) is 40.5 Å². The van der Waals surface area contributed by atoms with Crippen molar-refractivity contribution in [2.24, 2.45) is 0 Å². The molecule has 0 bridgehead atoms. The minimum absolute atomic E-state index is 0.198. The summed E-state index contributed by atoms with van der Waals surface area (Å²) >= 11 is 7.16. The second kappa shape index (κ2) is 6.98. The summed E-state index contributed by atoms with van der Waals surface area (Å²) in [7, 11) is 0. The van der Waals surface area contributed by atoms with Gasteiger partial charge in [0.1, 0.15) is 0 Å². The molecule has 20 heavy (non-hydrogen) atoms. The Morgan fingerprint density at radius 2 is 2.35 bits per heavy atom. The predicted molar refractivity (Wildman–Crippen MR) is 86.1 cm³/mol. The van der Waals surface area contributed by atoms with Gasteiger partial charge in [0.2, 0.25) is 5.89 Å². The van der Waals surface area contributed by atoms with E-state index in [0.29, 0.717) is 11.6 Å². The number of thioether (sulfide) groups is 2. The van der Waals surface area contributed by atoms with Crippen LogP contribution in [0.4, 0.5) is 0 Å². The van der Waals surface area contributed by atoms with Crippen molar-refractivity contribution < 1.29 is 4.52 Å². The Labute approximate surface area is 134 Å². The molecule has 1 unspecified atom stereocenters. The molecule has 1 atom stereocenters. The van der Waals surface area contributed by atoms with Crippen LogP contribution in [0.1, 0.15) is 17.8 Å². The van der Waals surface area contributed by atoms with Crippen molar-refractivity contribution in [1.82, 2.24) is 15.5 Å². The fourth-order valence-electron chi connectivity index (χ4n) is 1.90. The molecule has 7 heteroatoms. The van der Waals surface area contributed by atoms with Gasteiger partial charge in [0.05, 0.1) is 11.8 Å². The second-order valence-corrected chi connectivity index (χ2v) is 7.37. The summed E-state index contributed by atoms with van der Waals surface area (Å²) in [5.74, 6) is 4.32. The van der Waals surface area contributed by atoms with E-state index in [4.69, 9.17) is 4.52 Å². The Morgan fingerprint density at radius 1 is 1.45 bits per heavy atom. The molecule has 0 saturated carbocycles. The van der Waals surface area contributed by atoms with Crippen LogP contribution in [-0.2, 0) is 5.75 Å². The highest BCUT2D eigenvalue weighted by Gasteiger charge is 2.21. The van der Waals surface area contributed by atoms with Gasteiger partial charge >= 0.3 is 0 Å². The number of hydrogen-bond donors (Lipinski definition) is 1. The molecule has 3 rings (SSSR count). The van der Waals surface area contributed by atoms with E-state index in [0.717, 1.165) is 28.3 Å². The van der Waals surface area contributed by atoms with Crippen molar-refractivity contribution in [3.8, 4) is 0 Å². The van der Waals surface area contributed by atoms with Crippen LogP contribution in [0, 0.1) is 0 Å². The zero-order chi connectivity index (χ0) is 13.8. The third-order valence-electron chi connectivity index (χ3n) is 2.90. The molecule has 0 aliphatic carbocycles. The molecule has 1 aromatic heterocycles. The summed E-state index contributed by atoms with van der Waals surface area (Å²) in [6.45, 7) is 0.999. The molecule has 4 nitrogen and oxygen atoms in total. The number of halogens is 1. The minimum atomic E-state index is 0.198. The number of hydrogen-bond acceptors (Lipinski definition) is 6. The molecule has 2 heterocycles. The third-order valence-corrected chi connectivity index (χ3v) is 5.98. The van der Waals surface area contributed by atoms with Crippen LogP contribution in [0.5, 0.6) is 0 Å². The summed E-state index contributed by atoms with van der Waals surface area (Å²) in [6, 6.07) is 8.34. The van der Waals surface area contributed by atoms with Crippen LogP contribution < -0.4 is 5.32 Å². The predicted octanol–water partition coefficient (Wildman–Crippen LogP) is 3.50. The van der Waals surface area contributed by atoms with Crippen LogP contribution in [0.15, 0.2) is 38.2 Å². The lowest BCUT2D eigenvalue weighted by molar-refractivity contribution is 0.339. The van der Waals surface area contributed by atoms with Gasteiger partial charge in [-0.05, 0) is 28.1 Å². The van der Waals surface area contributed by atoms with E-state index >= 15 is 0 Å². The van der Waals surface area contributed by atoms with E-state index in [1.165, 1.54) is 4.90 Å². The van der Waals surface area contributed by atoms with Gasteiger partial charge in [-0.25, -0.2) is 0 Å². The first-order valence-electron chi connectivity index (χ1n) is 6.34. The lowest BCUT2D eigenvalue weighted by Gasteiger charge is -2.19. The number of nitrogens with one attached hydrogen (secondary N) is 1. The molecule has 1 aromatic carbocycles. The van der Waals surface area contributed by atoms with E-state index in [9.17, 15) is 0 Å². The van der Waals surface area contributed by atoms with Crippen molar-refractivity contribution in [3.63, 3.8) is 0 Å². The summed E-state index contributed by atoms with van der Waals surface area (Å²) in [5.41, 5.74) is 0. The van der Waals surface area contributed by atoms with Crippen molar-refractivity contribution in [1.29, 1.82) is 0 Å². The highest BCUT2D eigenvalue weighted by Crippen LogP contribution is 2.29. The third kappa shape index (κ3) is 3.58. The second-order valence-electron chi connectivity index (χ2n) is 4.35. The Hall–Kier alpha value is -0.500. The summed E-state index contributed by atoms with van der Waals surface area (Å²) in [6.07, 6.45) is 0. The molecule has 106 valence electrons. The summed E-state index contributed by atoms with van der Waals surface area (Å²) < 4.78 is 6.46. The van der Waals surface area contributed by atoms with E-state index in [1.807, 2.05) is 30.0 Å². The quantitative estimate of drug-likeness (QED) is 0.829. The van der Waals surface area contributed by atoms with Crippen LogP contribution in [0.2, 0.25) is 0 Å². The molecule has 0 radical (unpaired) electrons. The molecule has 2 aromatic rings. The first-order chi connectivity index (χ1) is 9.83. The first kappa shape index (κ1) is 14.4. The first-order valence-corrected chi connectivity index (χ1v) is 9.27. The molecular weight excluding hydrogens is 358 g/mol. The van der Waals surface area contributed by atoms with E-state index < -0.39 is 0 Å². The van der Waals surface area contributed by atoms with Gasteiger partial charge in [-0.15, -0.1) is 11.8 Å². The van der Waals surface area contributed by atoms with Crippen LogP contribution in [-0.4, -0.2) is 28.2 Å². The minimum Gasteiger partial charge on any atom is -0.338 e. The molecule has 0 spiro atoms. The molecule has 1 fully saturated rings. The average molecular weight is 372 g/mol. The smallest absolute Gasteiger partial charge is 0.244 e. The van der Waals surface area contributed by atoms with Gasteiger partial charge in [-0.3, -0.25) is 0 Å². The van der Waals surface area contributed by atoms with E-state index in [-0.39, 0.29) is 6.04 Å². The maximum atomic E-state index is 5.36. The van der Waals surface area contributed by atoms with Gasteiger partial charge in [-0.2, -0.15) is 16.7 Å². The fourth-order valence-corrected chi connectivity index (χ4v) is 4.23. The SMILES string of the molecule is Brc1ccccc1SCc1noc(C2CSCCN2)n1. The Morgan fingerprint density at radius 3 is 3.15 bits per heavy atom. The molecular formula is C13H14BrN3OS2. The van der Waals surface area contributed by atoms with Crippen LogP contribution in [0.3, 0.4) is 0 Å². The van der Waals surface area contributed by atoms with Crippen LogP contribution >= 0.6 is 39.5 Å². The highest BCUT2D eigenvalue weighted by molar-refractivity contribution is 9.10. The Bertz CT molecular complexity index is 572. The Kier molecular flexibility index (Phi) is 5.04. The number of aromatic nitrogens is 2. The van der Waals surface area contributed by atoms with Gasteiger partial charge < -0.3 is 9.84 Å². The number of rotatable bonds is 4. The Balaban J connectivity index is 1.61. The summed E-state index contributed by atoms with van der Waals surface area (Å²) in [4.78, 5) is 5.67. The lowest BCUT2D eigenvalue weighted by Crippen LogP contribution is -2.30. The van der Waals surface area contributed by atoms with E-state index in [1.54, 1.807) is 11.8 Å². The van der Waals surface area contributed by atoms with Crippen molar-refractivity contribution in [2.75, 3.05) is 18.1 Å². The normalized spacial score (nSPS) is 19.1. The molecule has 1 aliphatic heterocycles. The maximum absolute atomic E-state index is 5.36. The monoisotopic (exact) mass is 371 g/mol. The van der Waals surface area contributed by atoms with Crippen LogP contribution in [0.25, 0.3) is 0 Å². The summed E-state index contributed by atoms with van der Waals surface area (Å²) in [5, 5.41) is 7.46. The van der Waals surface area contributed by atoms with Gasteiger partial charge in [0, 0.05) is 27.4 Å². The van der Waals surface area contributed by atoms with Gasteiger partial charge in [0.25, 0.3) is 0 Å². The zero-order valence-corrected chi connectivity index (χ0v) is 13.9. The van der Waals surface area contributed by atoms with Crippen molar-refractivity contribution >= 4 is 39.5 Å². The number of nitrogens with zero attached hydrogens (tertiary/aromatic N) is 2. The highest BCUT2D eigenvalue weighted by atomic mass is 79.9. The van der Waals surface area contributed by atoms with E-state index in [2.05, 4.69) is 37.5 Å². The molecule has 0 amide bonds. The topological polar surface area (TPSA) is 51.0 Å². The van der Waals surface area contributed by atoms with Gasteiger partial charge in [0.15, 0.2) is 5.82 Å².